The molecule has 116 valence electrons. The number of thioether (sulfide) groups is 1. The van der Waals surface area contributed by atoms with E-state index in [0.29, 0.717) is 0 Å². The highest BCUT2D eigenvalue weighted by Gasteiger charge is 2.25. The second-order valence-electron chi connectivity index (χ2n) is 4.70. The van der Waals surface area contributed by atoms with Gasteiger partial charge in [-0.1, -0.05) is 0 Å². The number of benzene rings is 1. The van der Waals surface area contributed by atoms with Crippen LogP contribution in [0.25, 0.3) is 0 Å². The molecule has 2 rings (SSSR count). The van der Waals surface area contributed by atoms with Crippen LogP contribution in [0.15, 0.2) is 23.1 Å². The maximum absolute atomic E-state index is 12.4. The fraction of sp³-hybridized carbons (Fsp3) is 0.500. The van der Waals surface area contributed by atoms with E-state index in [1.807, 2.05) is 11.8 Å². The Morgan fingerprint density at radius 1 is 1.33 bits per heavy atom. The predicted octanol–water partition coefficient (Wildman–Crippen LogP) is 1.81. The summed E-state index contributed by atoms with van der Waals surface area (Å²) in [5, 5.41) is 13.5. The lowest BCUT2D eigenvalue weighted by atomic mass is 10.2. The lowest BCUT2D eigenvalue weighted by Gasteiger charge is -2.23. The molecule has 0 unspecified atom stereocenters. The number of non-ortho nitro benzene ring substituents is 1. The van der Waals surface area contributed by atoms with Crippen molar-refractivity contribution < 1.29 is 13.3 Å². The van der Waals surface area contributed by atoms with Crippen molar-refractivity contribution in [3.05, 3.63) is 28.3 Å². The molecule has 1 aliphatic rings. The molecule has 0 spiro atoms. The first-order valence-corrected chi connectivity index (χ1v) is 9.14. The van der Waals surface area contributed by atoms with Crippen LogP contribution in [0.2, 0.25) is 0 Å². The smallest absolute Gasteiger partial charge is 0.271 e. The summed E-state index contributed by atoms with van der Waals surface area (Å²) in [6.45, 7) is 0. The Morgan fingerprint density at radius 2 is 2.00 bits per heavy atom. The van der Waals surface area contributed by atoms with E-state index in [-0.39, 0.29) is 22.3 Å². The Kier molecular flexibility index (Phi) is 5.07. The number of hydrogen-bond acceptors (Lipinski definition) is 6. The SMILES string of the molecule is CNc1cc([N+](=O)[O-])ccc1S(=O)(=O)NC1CCSCC1. The van der Waals surface area contributed by atoms with Gasteiger partial charge in [0, 0.05) is 25.2 Å². The van der Waals surface area contributed by atoms with Gasteiger partial charge in [-0.05, 0) is 30.4 Å². The highest BCUT2D eigenvalue weighted by atomic mass is 32.2. The average Bonchev–Trinajstić information content (AvgIpc) is 2.47. The number of hydrogen-bond donors (Lipinski definition) is 2. The topological polar surface area (TPSA) is 101 Å². The molecule has 2 N–H and O–H groups in total. The molecule has 0 bridgehead atoms. The molecule has 0 saturated carbocycles. The maximum Gasteiger partial charge on any atom is 0.271 e. The third-order valence-corrected chi connectivity index (χ3v) is 5.90. The zero-order chi connectivity index (χ0) is 15.5. The predicted molar refractivity (Wildman–Crippen MR) is 83.3 cm³/mol. The minimum atomic E-state index is -3.69. The molecule has 1 fully saturated rings. The Balaban J connectivity index is 2.28. The molecule has 7 nitrogen and oxygen atoms in total. The first-order valence-electron chi connectivity index (χ1n) is 6.50. The van der Waals surface area contributed by atoms with Crippen molar-refractivity contribution >= 4 is 33.2 Å². The molecule has 1 saturated heterocycles. The summed E-state index contributed by atoms with van der Waals surface area (Å²) in [5.74, 6) is 1.87. The zero-order valence-electron chi connectivity index (χ0n) is 11.5. The van der Waals surface area contributed by atoms with Crippen LogP contribution in [0.4, 0.5) is 11.4 Å². The normalized spacial score (nSPS) is 16.6. The molecule has 1 aromatic rings. The van der Waals surface area contributed by atoms with E-state index in [1.165, 1.54) is 25.2 Å². The van der Waals surface area contributed by atoms with E-state index in [2.05, 4.69) is 10.0 Å². The number of nitro groups is 1. The van der Waals surface area contributed by atoms with Crippen molar-refractivity contribution in [1.82, 2.24) is 4.72 Å². The first kappa shape index (κ1) is 16.1. The summed E-state index contributed by atoms with van der Waals surface area (Å²) in [6.07, 6.45) is 1.59. The Hall–Kier alpha value is -1.32. The van der Waals surface area contributed by atoms with Crippen molar-refractivity contribution in [1.29, 1.82) is 0 Å². The molecule has 1 aliphatic heterocycles. The minimum absolute atomic E-state index is 0.0360. The Labute approximate surface area is 127 Å². The van der Waals surface area contributed by atoms with Gasteiger partial charge in [-0.2, -0.15) is 11.8 Å². The minimum Gasteiger partial charge on any atom is -0.387 e. The molecule has 0 amide bonds. The monoisotopic (exact) mass is 331 g/mol. The average molecular weight is 331 g/mol. The third kappa shape index (κ3) is 3.86. The number of nitro benzene ring substituents is 1. The largest absolute Gasteiger partial charge is 0.387 e. The molecule has 0 aliphatic carbocycles. The van der Waals surface area contributed by atoms with Crippen molar-refractivity contribution in [2.75, 3.05) is 23.9 Å². The number of rotatable bonds is 5. The molecule has 9 heteroatoms. The molecule has 21 heavy (non-hydrogen) atoms. The lowest BCUT2D eigenvalue weighted by Crippen LogP contribution is -2.37. The van der Waals surface area contributed by atoms with Gasteiger partial charge in [0.25, 0.3) is 5.69 Å². The first-order chi connectivity index (χ1) is 9.94. The molecule has 0 aromatic heterocycles. The summed E-state index contributed by atoms with van der Waals surface area (Å²) in [5.41, 5.74) is 0.0780. The van der Waals surface area contributed by atoms with Crippen molar-refractivity contribution in [3.63, 3.8) is 0 Å². The standard InChI is InChI=1S/C12H17N3O4S2/c1-13-11-8-10(15(16)17)2-3-12(11)21(18,19)14-9-4-6-20-7-5-9/h2-3,8-9,13-14H,4-7H2,1H3. The number of sulfonamides is 1. The lowest BCUT2D eigenvalue weighted by molar-refractivity contribution is -0.384. The molecule has 1 heterocycles. The van der Waals surface area contributed by atoms with Crippen molar-refractivity contribution in [2.24, 2.45) is 0 Å². The number of nitrogens with zero attached hydrogens (tertiary/aromatic N) is 1. The van der Waals surface area contributed by atoms with Crippen LogP contribution in [0.1, 0.15) is 12.8 Å². The van der Waals surface area contributed by atoms with E-state index in [4.69, 9.17) is 0 Å². The van der Waals surface area contributed by atoms with Crippen LogP contribution in [0.3, 0.4) is 0 Å². The second-order valence-corrected chi connectivity index (χ2v) is 7.60. The van der Waals surface area contributed by atoms with Crippen LogP contribution in [-0.4, -0.2) is 37.9 Å². The zero-order valence-corrected chi connectivity index (χ0v) is 13.2. The fourth-order valence-corrected chi connectivity index (χ4v) is 4.77. The van der Waals surface area contributed by atoms with E-state index >= 15 is 0 Å². The van der Waals surface area contributed by atoms with Crippen LogP contribution in [0, 0.1) is 10.1 Å². The van der Waals surface area contributed by atoms with Crippen LogP contribution in [-0.2, 0) is 10.0 Å². The van der Waals surface area contributed by atoms with Gasteiger partial charge in [0.15, 0.2) is 0 Å². The van der Waals surface area contributed by atoms with E-state index in [0.717, 1.165) is 24.3 Å². The van der Waals surface area contributed by atoms with Gasteiger partial charge in [-0.15, -0.1) is 0 Å². The summed E-state index contributed by atoms with van der Waals surface area (Å²) in [7, 11) is -2.15. The molecule has 0 atom stereocenters. The summed E-state index contributed by atoms with van der Waals surface area (Å²) >= 11 is 1.81. The van der Waals surface area contributed by atoms with Crippen LogP contribution >= 0.6 is 11.8 Å². The molecular formula is C12H17N3O4S2. The molecular weight excluding hydrogens is 314 g/mol. The van der Waals surface area contributed by atoms with Gasteiger partial charge in [0.2, 0.25) is 10.0 Å². The molecule has 1 aromatic carbocycles. The highest BCUT2D eigenvalue weighted by Crippen LogP contribution is 2.27. The quantitative estimate of drug-likeness (QED) is 0.630. The second kappa shape index (κ2) is 6.63. The van der Waals surface area contributed by atoms with E-state index in [1.54, 1.807) is 0 Å². The summed E-state index contributed by atoms with van der Waals surface area (Å²) in [4.78, 5) is 10.2. The van der Waals surface area contributed by atoms with Crippen LogP contribution in [0.5, 0.6) is 0 Å². The maximum atomic E-state index is 12.4. The van der Waals surface area contributed by atoms with Crippen molar-refractivity contribution in [2.45, 2.75) is 23.8 Å². The van der Waals surface area contributed by atoms with Gasteiger partial charge in [-0.25, -0.2) is 13.1 Å². The van der Waals surface area contributed by atoms with Gasteiger partial charge >= 0.3 is 0 Å². The van der Waals surface area contributed by atoms with Gasteiger partial charge in [0.1, 0.15) is 4.90 Å². The summed E-state index contributed by atoms with van der Waals surface area (Å²) < 4.78 is 27.6. The van der Waals surface area contributed by atoms with Crippen molar-refractivity contribution in [3.8, 4) is 0 Å². The summed E-state index contributed by atoms with van der Waals surface area (Å²) in [6, 6.07) is 3.62. The Bertz CT molecular complexity index is 627. The van der Waals surface area contributed by atoms with E-state index in [9.17, 15) is 18.5 Å². The van der Waals surface area contributed by atoms with Gasteiger partial charge in [0.05, 0.1) is 10.6 Å². The van der Waals surface area contributed by atoms with E-state index < -0.39 is 14.9 Å². The van der Waals surface area contributed by atoms with Crippen LogP contribution < -0.4 is 10.0 Å². The highest BCUT2D eigenvalue weighted by molar-refractivity contribution is 7.99. The number of anilines is 1. The fourth-order valence-electron chi connectivity index (χ4n) is 2.16. The Morgan fingerprint density at radius 3 is 2.57 bits per heavy atom. The third-order valence-electron chi connectivity index (χ3n) is 3.28. The molecule has 0 radical (unpaired) electrons. The number of nitrogens with one attached hydrogen (secondary N) is 2. The van der Waals surface area contributed by atoms with Gasteiger partial charge < -0.3 is 5.32 Å². The van der Waals surface area contributed by atoms with Gasteiger partial charge in [-0.3, -0.25) is 10.1 Å².